The lowest BCUT2D eigenvalue weighted by molar-refractivity contribution is 0.616. The molecule has 7 aromatic carbocycles. The van der Waals surface area contributed by atoms with E-state index in [1.165, 1.54) is 50.1 Å². The molecule has 1 aliphatic rings. The number of hydrogen-bond donors (Lipinski definition) is 0. The summed E-state index contributed by atoms with van der Waals surface area (Å²) in [7, 11) is 0. The van der Waals surface area contributed by atoms with Gasteiger partial charge in [-0.25, -0.2) is 15.0 Å². The van der Waals surface area contributed by atoms with E-state index in [0.29, 0.717) is 11.6 Å². The third-order valence-corrected chi connectivity index (χ3v) is 11.7. The number of aryl methyl sites for hydroxylation is 1. The minimum Gasteiger partial charge on any atom is -0.213 e. The Morgan fingerprint density at radius 2 is 1.00 bits per heavy atom. The summed E-state index contributed by atoms with van der Waals surface area (Å²) in [6.07, 6.45) is 1.70. The minimum absolute atomic E-state index is 0.0291. The zero-order chi connectivity index (χ0) is 38.2. The second kappa shape index (κ2) is 14.7. The Morgan fingerprint density at radius 1 is 0.446 bits per heavy atom. The molecule has 0 saturated carbocycles. The van der Waals surface area contributed by atoms with Crippen molar-refractivity contribution in [2.45, 2.75) is 51.9 Å². The Hall–Kier alpha value is -6.45. The van der Waals surface area contributed by atoms with Crippen molar-refractivity contribution in [3.05, 3.63) is 198 Å². The van der Waals surface area contributed by atoms with Crippen LogP contribution in [0, 0.1) is 6.92 Å². The van der Waals surface area contributed by atoms with Crippen LogP contribution in [0.25, 0.3) is 67.3 Å². The number of nitrogens with zero attached hydrogens (tertiary/aromatic N) is 3. The van der Waals surface area contributed by atoms with Crippen LogP contribution < -0.4 is 0 Å². The summed E-state index contributed by atoms with van der Waals surface area (Å²) in [5.74, 6) is 2.28. The lowest BCUT2D eigenvalue weighted by atomic mass is 9.81. The Labute approximate surface area is 330 Å². The number of hydrogen-bond acceptors (Lipinski definition) is 3. The monoisotopic (exact) mass is 723 g/mol. The smallest absolute Gasteiger partial charge is 0.163 e. The molecule has 1 atom stereocenters. The van der Waals surface area contributed by atoms with Gasteiger partial charge in [-0.3, -0.25) is 0 Å². The van der Waals surface area contributed by atoms with Crippen LogP contribution in [-0.4, -0.2) is 15.0 Å². The van der Waals surface area contributed by atoms with Gasteiger partial charge in [0.1, 0.15) is 5.82 Å². The van der Waals surface area contributed by atoms with Gasteiger partial charge in [0.15, 0.2) is 11.6 Å². The molecule has 0 spiro atoms. The van der Waals surface area contributed by atoms with Crippen molar-refractivity contribution >= 4 is 0 Å². The summed E-state index contributed by atoms with van der Waals surface area (Å²) >= 11 is 0. The van der Waals surface area contributed by atoms with Gasteiger partial charge in [0.2, 0.25) is 0 Å². The van der Waals surface area contributed by atoms with Crippen LogP contribution in [0.1, 0.15) is 61.2 Å². The largest absolute Gasteiger partial charge is 0.213 e. The molecule has 1 heterocycles. The maximum Gasteiger partial charge on any atom is 0.163 e. The summed E-state index contributed by atoms with van der Waals surface area (Å²) in [4.78, 5) is 15.7. The Morgan fingerprint density at radius 3 is 1.71 bits per heavy atom. The third-order valence-electron chi connectivity index (χ3n) is 11.7. The summed E-state index contributed by atoms with van der Waals surface area (Å²) in [6.45, 7) is 9.22. The first-order valence-electron chi connectivity index (χ1n) is 19.8. The normalized spacial score (nSPS) is 13.2. The molecule has 1 aromatic heterocycles. The van der Waals surface area contributed by atoms with E-state index in [4.69, 9.17) is 15.0 Å². The van der Waals surface area contributed by atoms with Gasteiger partial charge < -0.3 is 0 Å². The fourth-order valence-corrected chi connectivity index (χ4v) is 8.53. The first-order chi connectivity index (χ1) is 27.4. The van der Waals surface area contributed by atoms with Crippen molar-refractivity contribution in [3.8, 4) is 67.3 Å². The standard InChI is InChI=1S/C53H45N3/c1-5-36(32-42-21-12-13-24-44(42)46-34-47-45-25-14-15-26-48(45)53(3,4)49(47)31-35(46)2)50-54-51(40-29-27-39(28-30-40)37-17-8-6-9-18-37)56-52(55-50)43-23-16-22-41(33-43)38-19-10-7-11-20-38/h6-31,33-34,36H,5,32H2,1-4H3. The number of fused-ring (bicyclic) bond motifs is 3. The fraction of sp³-hybridized carbons (Fsp3) is 0.151. The van der Waals surface area contributed by atoms with Gasteiger partial charge in [0.05, 0.1) is 0 Å². The molecule has 0 bridgehead atoms. The number of benzene rings is 7. The average molecular weight is 724 g/mol. The van der Waals surface area contributed by atoms with Crippen molar-refractivity contribution in [2.75, 3.05) is 0 Å². The van der Waals surface area contributed by atoms with Crippen molar-refractivity contribution in [3.63, 3.8) is 0 Å². The molecule has 3 heteroatoms. The third kappa shape index (κ3) is 6.54. The number of aromatic nitrogens is 3. The molecular weight excluding hydrogens is 679 g/mol. The van der Waals surface area contributed by atoms with Crippen LogP contribution in [0.4, 0.5) is 0 Å². The van der Waals surface area contributed by atoms with Gasteiger partial charge in [-0.05, 0) is 98.7 Å². The Kier molecular flexibility index (Phi) is 9.23. The van der Waals surface area contributed by atoms with Crippen molar-refractivity contribution in [2.24, 2.45) is 0 Å². The lowest BCUT2D eigenvalue weighted by Gasteiger charge is -2.23. The highest BCUT2D eigenvalue weighted by Crippen LogP contribution is 2.50. The summed E-state index contributed by atoms with van der Waals surface area (Å²) < 4.78 is 0. The predicted molar refractivity (Wildman–Crippen MR) is 232 cm³/mol. The maximum absolute atomic E-state index is 5.28. The van der Waals surface area contributed by atoms with E-state index in [1.807, 2.05) is 6.07 Å². The van der Waals surface area contributed by atoms with Crippen molar-refractivity contribution in [1.29, 1.82) is 0 Å². The first kappa shape index (κ1) is 35.3. The van der Waals surface area contributed by atoms with Crippen LogP contribution in [0.15, 0.2) is 170 Å². The summed E-state index contributed by atoms with van der Waals surface area (Å²) in [6, 6.07) is 60.8. The molecule has 0 fully saturated rings. The SMILES string of the molecule is CCC(Cc1ccccc1-c1cc2c(cc1C)C(C)(C)c1ccccc1-2)c1nc(-c2ccc(-c3ccccc3)cc2)nc(-c2cccc(-c3ccccc3)c2)n1. The molecule has 8 aromatic rings. The molecule has 0 amide bonds. The molecule has 0 aliphatic heterocycles. The molecule has 272 valence electrons. The van der Waals surface area contributed by atoms with Gasteiger partial charge in [-0.1, -0.05) is 178 Å². The van der Waals surface area contributed by atoms with Crippen LogP contribution >= 0.6 is 0 Å². The van der Waals surface area contributed by atoms with Crippen molar-refractivity contribution < 1.29 is 0 Å². The Balaban J connectivity index is 1.12. The van der Waals surface area contributed by atoms with Gasteiger partial charge in [-0.2, -0.15) is 0 Å². The topological polar surface area (TPSA) is 38.7 Å². The van der Waals surface area contributed by atoms with E-state index < -0.39 is 0 Å². The fourth-order valence-electron chi connectivity index (χ4n) is 8.53. The van der Waals surface area contributed by atoms with Gasteiger partial charge in [-0.15, -0.1) is 0 Å². The molecule has 3 nitrogen and oxygen atoms in total. The summed E-state index contributed by atoms with van der Waals surface area (Å²) in [5.41, 5.74) is 17.2. The van der Waals surface area contributed by atoms with Crippen LogP contribution in [0.3, 0.4) is 0 Å². The van der Waals surface area contributed by atoms with Crippen LogP contribution in [0.5, 0.6) is 0 Å². The molecule has 9 rings (SSSR count). The van der Waals surface area contributed by atoms with Gasteiger partial charge in [0, 0.05) is 22.5 Å². The Bertz CT molecular complexity index is 2680. The molecule has 0 N–H and O–H groups in total. The second-order valence-corrected chi connectivity index (χ2v) is 15.6. The van der Waals surface area contributed by atoms with E-state index in [1.54, 1.807) is 0 Å². The average Bonchev–Trinajstić information content (AvgIpc) is 3.48. The zero-order valence-electron chi connectivity index (χ0n) is 32.5. The minimum atomic E-state index is -0.0291. The predicted octanol–water partition coefficient (Wildman–Crippen LogP) is 13.6. The molecular formula is C53H45N3. The first-order valence-corrected chi connectivity index (χ1v) is 19.8. The lowest BCUT2D eigenvalue weighted by Crippen LogP contribution is -2.15. The van der Waals surface area contributed by atoms with Gasteiger partial charge in [0.25, 0.3) is 0 Å². The molecule has 0 saturated heterocycles. The highest BCUT2D eigenvalue weighted by molar-refractivity contribution is 5.86. The second-order valence-electron chi connectivity index (χ2n) is 15.6. The van der Waals surface area contributed by atoms with Crippen molar-refractivity contribution in [1.82, 2.24) is 15.0 Å². The molecule has 0 radical (unpaired) electrons. The highest BCUT2D eigenvalue weighted by Gasteiger charge is 2.36. The van der Waals surface area contributed by atoms with E-state index in [9.17, 15) is 0 Å². The summed E-state index contributed by atoms with van der Waals surface area (Å²) in [5, 5.41) is 0. The maximum atomic E-state index is 5.28. The van der Waals surface area contributed by atoms with Crippen LogP contribution in [-0.2, 0) is 11.8 Å². The van der Waals surface area contributed by atoms with E-state index in [0.717, 1.165) is 46.5 Å². The van der Waals surface area contributed by atoms with Gasteiger partial charge >= 0.3 is 0 Å². The van der Waals surface area contributed by atoms with E-state index in [-0.39, 0.29) is 11.3 Å². The molecule has 56 heavy (non-hydrogen) atoms. The molecule has 1 aliphatic carbocycles. The van der Waals surface area contributed by atoms with Crippen LogP contribution in [0.2, 0.25) is 0 Å². The molecule has 1 unspecified atom stereocenters. The van der Waals surface area contributed by atoms with E-state index in [2.05, 4.69) is 191 Å². The van der Waals surface area contributed by atoms with E-state index >= 15 is 0 Å². The zero-order valence-corrected chi connectivity index (χ0v) is 32.5. The number of rotatable bonds is 9. The quantitative estimate of drug-likeness (QED) is 0.149. The highest BCUT2D eigenvalue weighted by atomic mass is 15.0.